The highest BCUT2D eigenvalue weighted by molar-refractivity contribution is 7.89. The zero-order valence-electron chi connectivity index (χ0n) is 14.4. The van der Waals surface area contributed by atoms with Gasteiger partial charge >= 0.3 is 0 Å². The van der Waals surface area contributed by atoms with Crippen LogP contribution in [-0.2, 0) is 19.6 Å². The Morgan fingerprint density at radius 2 is 1.88 bits per heavy atom. The molecule has 6 nitrogen and oxygen atoms in total. The second kappa shape index (κ2) is 9.26. The summed E-state index contributed by atoms with van der Waals surface area (Å²) in [4.78, 5) is 12.2. The summed E-state index contributed by atoms with van der Waals surface area (Å²) in [6, 6.07) is 4.50. The van der Waals surface area contributed by atoms with E-state index in [-0.39, 0.29) is 23.4 Å². The molecule has 1 amide bonds. The van der Waals surface area contributed by atoms with Gasteiger partial charge in [-0.15, -0.1) is 0 Å². The minimum Gasteiger partial charge on any atom is -0.383 e. The third kappa shape index (κ3) is 5.49. The second-order valence-corrected chi connectivity index (χ2v) is 8.03. The molecule has 0 spiro atoms. The number of ether oxygens (including phenoxy) is 1. The zero-order chi connectivity index (χ0) is 18.3. The molecule has 0 heterocycles. The molecule has 1 aliphatic rings. The molecule has 2 rings (SSSR count). The topological polar surface area (TPSA) is 75.7 Å². The van der Waals surface area contributed by atoms with Crippen molar-refractivity contribution < 1.29 is 22.3 Å². The lowest BCUT2D eigenvalue weighted by atomic mass is 9.95. The van der Waals surface area contributed by atoms with E-state index in [0.29, 0.717) is 13.2 Å². The minimum atomic E-state index is -3.87. The first-order chi connectivity index (χ1) is 11.9. The molecule has 25 heavy (non-hydrogen) atoms. The number of hydrogen-bond acceptors (Lipinski definition) is 4. The van der Waals surface area contributed by atoms with Gasteiger partial charge in [0.1, 0.15) is 5.82 Å². The van der Waals surface area contributed by atoms with Crippen molar-refractivity contribution in [2.24, 2.45) is 0 Å². The predicted octanol–water partition coefficient (Wildman–Crippen LogP) is 1.91. The van der Waals surface area contributed by atoms with E-state index in [2.05, 4.69) is 5.32 Å². The van der Waals surface area contributed by atoms with E-state index in [9.17, 15) is 17.6 Å². The van der Waals surface area contributed by atoms with Crippen LogP contribution in [0.1, 0.15) is 32.1 Å². The summed E-state index contributed by atoms with van der Waals surface area (Å²) in [5, 5.41) is 2.66. The second-order valence-electron chi connectivity index (χ2n) is 6.14. The summed E-state index contributed by atoms with van der Waals surface area (Å²) >= 11 is 0. The number of rotatable bonds is 8. The SMILES string of the molecule is COCCNC(=O)CN(C1CCCCC1)S(=O)(=O)c1ccc(F)cc1. The Labute approximate surface area is 148 Å². The molecular weight excluding hydrogens is 347 g/mol. The summed E-state index contributed by atoms with van der Waals surface area (Å²) in [6.07, 6.45) is 4.40. The van der Waals surface area contributed by atoms with E-state index in [1.807, 2.05) is 0 Å². The third-order valence-corrected chi connectivity index (χ3v) is 6.24. The highest BCUT2D eigenvalue weighted by Gasteiger charge is 2.33. The molecule has 0 atom stereocenters. The summed E-state index contributed by atoms with van der Waals surface area (Å²) in [7, 11) is -2.34. The lowest BCUT2D eigenvalue weighted by molar-refractivity contribution is -0.121. The first-order valence-electron chi connectivity index (χ1n) is 8.48. The van der Waals surface area contributed by atoms with Gasteiger partial charge in [0.25, 0.3) is 0 Å². The molecule has 1 aromatic rings. The number of nitrogens with one attached hydrogen (secondary N) is 1. The van der Waals surface area contributed by atoms with Gasteiger partial charge in [-0.3, -0.25) is 4.79 Å². The van der Waals surface area contributed by atoms with Crippen molar-refractivity contribution in [3.8, 4) is 0 Å². The number of carbonyl (C=O) groups is 1. The quantitative estimate of drug-likeness (QED) is 0.708. The highest BCUT2D eigenvalue weighted by atomic mass is 32.2. The Bertz CT molecular complexity index is 658. The fourth-order valence-electron chi connectivity index (χ4n) is 3.01. The van der Waals surface area contributed by atoms with Crippen LogP contribution in [0.2, 0.25) is 0 Å². The van der Waals surface area contributed by atoms with Crippen LogP contribution in [0.25, 0.3) is 0 Å². The molecule has 0 aromatic heterocycles. The van der Waals surface area contributed by atoms with Gasteiger partial charge in [0, 0.05) is 19.7 Å². The average molecular weight is 372 g/mol. The monoisotopic (exact) mass is 372 g/mol. The van der Waals surface area contributed by atoms with Gasteiger partial charge in [0.2, 0.25) is 15.9 Å². The van der Waals surface area contributed by atoms with Gasteiger partial charge in [0.15, 0.2) is 0 Å². The maximum absolute atomic E-state index is 13.1. The van der Waals surface area contributed by atoms with Crippen LogP contribution in [-0.4, -0.2) is 51.5 Å². The van der Waals surface area contributed by atoms with Gasteiger partial charge in [-0.25, -0.2) is 12.8 Å². The van der Waals surface area contributed by atoms with E-state index in [4.69, 9.17) is 4.74 Å². The number of carbonyl (C=O) groups excluding carboxylic acids is 1. The Hall–Kier alpha value is -1.51. The molecule has 8 heteroatoms. The maximum atomic E-state index is 13.1. The van der Waals surface area contributed by atoms with Crippen molar-refractivity contribution in [1.29, 1.82) is 0 Å². The number of methoxy groups -OCH3 is 1. The smallest absolute Gasteiger partial charge is 0.243 e. The number of benzene rings is 1. The Morgan fingerprint density at radius 1 is 1.24 bits per heavy atom. The summed E-state index contributed by atoms with van der Waals surface area (Å²) in [6.45, 7) is 0.443. The molecule has 1 aliphatic carbocycles. The van der Waals surface area contributed by atoms with Gasteiger partial charge in [-0.1, -0.05) is 19.3 Å². The number of halogens is 1. The van der Waals surface area contributed by atoms with E-state index in [0.717, 1.165) is 44.2 Å². The van der Waals surface area contributed by atoms with Crippen molar-refractivity contribution in [3.05, 3.63) is 30.1 Å². The number of hydrogen-bond donors (Lipinski definition) is 1. The van der Waals surface area contributed by atoms with Crippen LogP contribution in [0.5, 0.6) is 0 Å². The Balaban J connectivity index is 2.20. The molecule has 0 aliphatic heterocycles. The molecule has 0 saturated heterocycles. The molecule has 0 unspecified atom stereocenters. The van der Waals surface area contributed by atoms with E-state index in [1.165, 1.54) is 23.5 Å². The molecule has 1 aromatic carbocycles. The lowest BCUT2D eigenvalue weighted by Crippen LogP contribution is -2.47. The highest BCUT2D eigenvalue weighted by Crippen LogP contribution is 2.27. The Kier molecular flexibility index (Phi) is 7.34. The van der Waals surface area contributed by atoms with Crippen LogP contribution in [0.3, 0.4) is 0 Å². The average Bonchev–Trinajstić information content (AvgIpc) is 2.61. The van der Waals surface area contributed by atoms with Gasteiger partial charge in [-0.2, -0.15) is 4.31 Å². The molecule has 1 N–H and O–H groups in total. The summed E-state index contributed by atoms with van der Waals surface area (Å²) in [5.41, 5.74) is 0. The molecule has 0 bridgehead atoms. The van der Waals surface area contributed by atoms with Crippen molar-refractivity contribution in [2.75, 3.05) is 26.8 Å². The largest absolute Gasteiger partial charge is 0.383 e. The third-order valence-electron chi connectivity index (χ3n) is 4.33. The first-order valence-corrected chi connectivity index (χ1v) is 9.92. The van der Waals surface area contributed by atoms with Crippen molar-refractivity contribution in [3.63, 3.8) is 0 Å². The van der Waals surface area contributed by atoms with E-state index in [1.54, 1.807) is 0 Å². The molecule has 1 saturated carbocycles. The van der Waals surface area contributed by atoms with Crippen LogP contribution >= 0.6 is 0 Å². The van der Waals surface area contributed by atoms with Gasteiger partial charge in [-0.05, 0) is 37.1 Å². The molecular formula is C17H25FN2O4S. The maximum Gasteiger partial charge on any atom is 0.243 e. The van der Waals surface area contributed by atoms with Crippen molar-refractivity contribution in [1.82, 2.24) is 9.62 Å². The minimum absolute atomic E-state index is 0.00386. The van der Waals surface area contributed by atoms with Gasteiger partial charge < -0.3 is 10.1 Å². The summed E-state index contributed by atoms with van der Waals surface area (Å²) in [5.74, 6) is -0.867. The van der Waals surface area contributed by atoms with Crippen LogP contribution < -0.4 is 5.32 Å². The number of amides is 1. The van der Waals surface area contributed by atoms with Crippen LogP contribution in [0, 0.1) is 5.82 Å². The molecule has 140 valence electrons. The zero-order valence-corrected chi connectivity index (χ0v) is 15.2. The van der Waals surface area contributed by atoms with Crippen molar-refractivity contribution >= 4 is 15.9 Å². The van der Waals surface area contributed by atoms with Gasteiger partial charge in [0.05, 0.1) is 18.0 Å². The standard InChI is InChI=1S/C17H25FN2O4S/c1-24-12-11-19-17(21)13-20(15-5-3-2-4-6-15)25(22,23)16-9-7-14(18)8-10-16/h7-10,15H,2-6,11-13H2,1H3,(H,19,21). The summed E-state index contributed by atoms with van der Waals surface area (Å²) < 4.78 is 45.3. The first kappa shape index (κ1) is 19.8. The van der Waals surface area contributed by atoms with Crippen LogP contribution in [0.4, 0.5) is 4.39 Å². The van der Waals surface area contributed by atoms with E-state index >= 15 is 0 Å². The number of sulfonamides is 1. The normalized spacial score (nSPS) is 16.1. The Morgan fingerprint density at radius 3 is 2.48 bits per heavy atom. The predicted molar refractivity (Wildman–Crippen MR) is 92.1 cm³/mol. The lowest BCUT2D eigenvalue weighted by Gasteiger charge is -2.33. The van der Waals surface area contributed by atoms with Crippen molar-refractivity contribution in [2.45, 2.75) is 43.0 Å². The van der Waals surface area contributed by atoms with E-state index < -0.39 is 15.8 Å². The fourth-order valence-corrected chi connectivity index (χ4v) is 4.65. The van der Waals surface area contributed by atoms with Crippen LogP contribution in [0.15, 0.2) is 29.2 Å². The fraction of sp³-hybridized carbons (Fsp3) is 0.588. The molecule has 1 fully saturated rings. The molecule has 0 radical (unpaired) electrons. The number of nitrogens with zero attached hydrogens (tertiary/aromatic N) is 1.